The van der Waals surface area contributed by atoms with Gasteiger partial charge in [0.2, 0.25) is 5.88 Å². The summed E-state index contributed by atoms with van der Waals surface area (Å²) in [7, 11) is 2.99. The molecule has 35 heavy (non-hydrogen) atoms. The van der Waals surface area contributed by atoms with Crippen molar-refractivity contribution in [3.63, 3.8) is 0 Å². The molecule has 0 aliphatic heterocycles. The van der Waals surface area contributed by atoms with Gasteiger partial charge >= 0.3 is 6.18 Å². The highest BCUT2D eigenvalue weighted by Crippen LogP contribution is 2.36. The first-order valence-electron chi connectivity index (χ1n) is 10.5. The molecular weight excluding hydrogens is 461 g/mol. The standard InChI is InChI=1S/C25H21F3N4O3/c1-31(2)22(34)15-35-21-13-18(25(26,27)28)23-19(33)14-20(29-16-9-5-3-6-10-16)32(24(23)30-21)17-11-7-4-8-12-17/h3-14,29H,15H2,1-2H3. The normalized spacial score (nSPS) is 11.3. The number of alkyl halides is 3. The van der Waals surface area contributed by atoms with Crippen molar-refractivity contribution in [3.05, 3.63) is 88.6 Å². The van der Waals surface area contributed by atoms with Crippen LogP contribution in [0.5, 0.6) is 5.88 Å². The molecule has 0 saturated carbocycles. The van der Waals surface area contributed by atoms with Crippen LogP contribution in [0.3, 0.4) is 0 Å². The average Bonchev–Trinajstić information content (AvgIpc) is 2.82. The Morgan fingerprint density at radius 2 is 1.66 bits per heavy atom. The Balaban J connectivity index is 2.01. The summed E-state index contributed by atoms with van der Waals surface area (Å²) in [5.41, 5.74) is -1.23. The smallest absolute Gasteiger partial charge is 0.417 e. The van der Waals surface area contributed by atoms with E-state index in [9.17, 15) is 22.8 Å². The van der Waals surface area contributed by atoms with Crippen molar-refractivity contribution in [2.75, 3.05) is 26.0 Å². The van der Waals surface area contributed by atoms with Crippen LogP contribution < -0.4 is 15.5 Å². The largest absolute Gasteiger partial charge is 0.467 e. The van der Waals surface area contributed by atoms with E-state index < -0.39 is 40.9 Å². The number of nitrogens with one attached hydrogen (secondary N) is 1. The molecule has 0 atom stereocenters. The van der Waals surface area contributed by atoms with Crippen molar-refractivity contribution in [3.8, 4) is 11.6 Å². The molecule has 0 bridgehead atoms. The number of para-hydroxylation sites is 2. The van der Waals surface area contributed by atoms with Crippen molar-refractivity contribution in [2.24, 2.45) is 0 Å². The third kappa shape index (κ3) is 5.11. The van der Waals surface area contributed by atoms with Crippen LogP contribution in [0.25, 0.3) is 16.7 Å². The molecular formula is C25H21F3N4O3. The highest BCUT2D eigenvalue weighted by atomic mass is 19.4. The lowest BCUT2D eigenvalue weighted by Crippen LogP contribution is -2.28. The molecule has 4 rings (SSSR count). The Bertz CT molecular complexity index is 1420. The maximum Gasteiger partial charge on any atom is 0.417 e. The van der Waals surface area contributed by atoms with E-state index in [-0.39, 0.29) is 11.5 Å². The molecule has 180 valence electrons. The summed E-state index contributed by atoms with van der Waals surface area (Å²) >= 11 is 0. The van der Waals surface area contributed by atoms with Gasteiger partial charge < -0.3 is 15.0 Å². The van der Waals surface area contributed by atoms with Crippen LogP contribution in [0.2, 0.25) is 0 Å². The molecule has 0 spiro atoms. The van der Waals surface area contributed by atoms with E-state index in [0.29, 0.717) is 17.4 Å². The molecule has 0 fully saturated rings. The second kappa shape index (κ2) is 9.49. The second-order valence-corrected chi connectivity index (χ2v) is 7.84. The van der Waals surface area contributed by atoms with E-state index in [1.165, 1.54) is 23.6 Å². The van der Waals surface area contributed by atoms with Crippen molar-refractivity contribution in [1.29, 1.82) is 0 Å². The van der Waals surface area contributed by atoms with Gasteiger partial charge in [-0.15, -0.1) is 0 Å². The molecule has 2 heterocycles. The molecule has 0 unspecified atom stereocenters. The first-order chi connectivity index (χ1) is 16.6. The zero-order chi connectivity index (χ0) is 25.2. The Labute approximate surface area is 198 Å². The molecule has 0 saturated heterocycles. The van der Waals surface area contributed by atoms with E-state index >= 15 is 0 Å². The van der Waals surface area contributed by atoms with Gasteiger partial charge in [0.05, 0.1) is 10.9 Å². The molecule has 0 aliphatic rings. The second-order valence-electron chi connectivity index (χ2n) is 7.84. The van der Waals surface area contributed by atoms with Crippen LogP contribution in [-0.4, -0.2) is 41.1 Å². The minimum absolute atomic E-state index is 0.210. The number of carbonyl (C=O) groups is 1. The fourth-order valence-corrected chi connectivity index (χ4v) is 3.45. The number of likely N-dealkylation sites (N-methyl/N-ethyl adjacent to an activating group) is 1. The summed E-state index contributed by atoms with van der Waals surface area (Å²) in [6.07, 6.45) is -4.87. The van der Waals surface area contributed by atoms with Crippen molar-refractivity contribution < 1.29 is 22.7 Å². The third-order valence-electron chi connectivity index (χ3n) is 5.15. The van der Waals surface area contributed by atoms with Crippen LogP contribution in [-0.2, 0) is 11.0 Å². The van der Waals surface area contributed by atoms with E-state index in [2.05, 4.69) is 10.3 Å². The van der Waals surface area contributed by atoms with Gasteiger partial charge in [-0.1, -0.05) is 36.4 Å². The van der Waals surface area contributed by atoms with E-state index in [4.69, 9.17) is 4.74 Å². The maximum atomic E-state index is 14.1. The number of carbonyl (C=O) groups excluding carboxylic acids is 1. The summed E-state index contributed by atoms with van der Waals surface area (Å²) in [6, 6.07) is 19.2. The van der Waals surface area contributed by atoms with E-state index in [1.54, 1.807) is 54.6 Å². The Morgan fingerprint density at radius 3 is 2.26 bits per heavy atom. The van der Waals surface area contributed by atoms with Crippen molar-refractivity contribution >= 4 is 28.4 Å². The van der Waals surface area contributed by atoms with Gasteiger partial charge in [-0.25, -0.2) is 0 Å². The number of amides is 1. The van der Waals surface area contributed by atoms with Gasteiger partial charge in [-0.2, -0.15) is 18.2 Å². The van der Waals surface area contributed by atoms with Crippen molar-refractivity contribution in [2.45, 2.75) is 6.18 Å². The zero-order valence-electron chi connectivity index (χ0n) is 18.8. The number of halogens is 3. The first kappa shape index (κ1) is 23.8. The molecule has 0 radical (unpaired) electrons. The molecule has 10 heteroatoms. The lowest BCUT2D eigenvalue weighted by Gasteiger charge is -2.20. The van der Waals surface area contributed by atoms with Gasteiger partial charge in [0.1, 0.15) is 5.82 Å². The van der Waals surface area contributed by atoms with E-state index in [1.807, 2.05) is 6.07 Å². The van der Waals surface area contributed by atoms with Crippen LogP contribution in [0.1, 0.15) is 5.56 Å². The molecule has 7 nitrogen and oxygen atoms in total. The quantitative estimate of drug-likeness (QED) is 0.434. The number of ether oxygens (including phenoxy) is 1. The fraction of sp³-hybridized carbons (Fsp3) is 0.160. The highest BCUT2D eigenvalue weighted by Gasteiger charge is 2.36. The molecule has 2 aromatic carbocycles. The predicted molar refractivity (Wildman–Crippen MR) is 126 cm³/mol. The zero-order valence-corrected chi connectivity index (χ0v) is 18.8. The van der Waals surface area contributed by atoms with Gasteiger partial charge in [-0.3, -0.25) is 14.2 Å². The van der Waals surface area contributed by atoms with E-state index in [0.717, 1.165) is 6.07 Å². The lowest BCUT2D eigenvalue weighted by atomic mass is 10.1. The molecule has 1 amide bonds. The number of anilines is 2. The van der Waals surface area contributed by atoms with Crippen LogP contribution in [0.4, 0.5) is 24.7 Å². The Hall–Kier alpha value is -4.34. The van der Waals surface area contributed by atoms with Crippen molar-refractivity contribution in [1.82, 2.24) is 14.5 Å². The predicted octanol–water partition coefficient (Wildman–Crippen LogP) is 4.62. The molecule has 1 N–H and O–H groups in total. The molecule has 2 aromatic heterocycles. The monoisotopic (exact) mass is 482 g/mol. The van der Waals surface area contributed by atoms with Gasteiger partial charge in [-0.05, 0) is 24.3 Å². The summed E-state index contributed by atoms with van der Waals surface area (Å²) in [4.78, 5) is 30.5. The molecule has 0 aliphatic carbocycles. The lowest BCUT2D eigenvalue weighted by molar-refractivity contribution is -0.136. The van der Waals surface area contributed by atoms with Crippen LogP contribution in [0.15, 0.2) is 77.6 Å². The highest BCUT2D eigenvalue weighted by molar-refractivity contribution is 5.85. The SMILES string of the molecule is CN(C)C(=O)COc1cc(C(F)(F)F)c2c(=O)cc(Nc3ccccc3)n(-c3ccccc3)c2n1. The van der Waals surface area contributed by atoms with Crippen LogP contribution in [0, 0.1) is 0 Å². The van der Waals surface area contributed by atoms with Gasteiger partial charge in [0, 0.05) is 37.6 Å². The number of hydrogen-bond acceptors (Lipinski definition) is 5. The number of pyridine rings is 2. The Morgan fingerprint density at radius 1 is 1.03 bits per heavy atom. The van der Waals surface area contributed by atoms with Crippen LogP contribution >= 0.6 is 0 Å². The number of rotatable bonds is 6. The first-order valence-corrected chi connectivity index (χ1v) is 10.5. The topological polar surface area (TPSA) is 76.5 Å². The summed E-state index contributed by atoms with van der Waals surface area (Å²) < 4.78 is 48.9. The summed E-state index contributed by atoms with van der Waals surface area (Å²) in [5.74, 6) is -0.677. The summed E-state index contributed by atoms with van der Waals surface area (Å²) in [5, 5.41) is 2.48. The average molecular weight is 482 g/mol. The number of hydrogen-bond donors (Lipinski definition) is 1. The fourth-order valence-electron chi connectivity index (χ4n) is 3.45. The number of benzene rings is 2. The summed E-state index contributed by atoms with van der Waals surface area (Å²) in [6.45, 7) is -0.514. The minimum Gasteiger partial charge on any atom is -0.467 e. The Kier molecular flexibility index (Phi) is 6.46. The number of aromatic nitrogens is 2. The minimum atomic E-state index is -4.87. The number of nitrogens with zero attached hydrogens (tertiary/aromatic N) is 3. The van der Waals surface area contributed by atoms with Gasteiger partial charge in [0.25, 0.3) is 5.91 Å². The maximum absolute atomic E-state index is 14.1. The third-order valence-corrected chi connectivity index (χ3v) is 5.15. The molecule has 4 aromatic rings. The number of fused-ring (bicyclic) bond motifs is 1. The van der Waals surface area contributed by atoms with Gasteiger partial charge in [0.15, 0.2) is 17.7 Å².